The minimum Gasteiger partial charge on any atom is -0.458 e. The lowest BCUT2D eigenvalue weighted by molar-refractivity contribution is -0.156. The molecule has 7 nitrogen and oxygen atoms in total. The van der Waals surface area contributed by atoms with Crippen molar-refractivity contribution >= 4 is 35.2 Å². The van der Waals surface area contributed by atoms with Crippen LogP contribution in [0.4, 0.5) is 0 Å². The summed E-state index contributed by atoms with van der Waals surface area (Å²) < 4.78 is 5.77. The largest absolute Gasteiger partial charge is 0.458 e. The van der Waals surface area contributed by atoms with E-state index in [4.69, 9.17) is 4.74 Å². The number of nitrogens with zero attached hydrogens (tertiary/aromatic N) is 2. The van der Waals surface area contributed by atoms with Gasteiger partial charge in [0, 0.05) is 42.5 Å². The summed E-state index contributed by atoms with van der Waals surface area (Å²) in [6.45, 7) is 3.42. The molecule has 184 valence electrons. The van der Waals surface area contributed by atoms with Crippen LogP contribution in [0.15, 0.2) is 29.8 Å². The molecular formula is C27H31N3O4S. The summed E-state index contributed by atoms with van der Waals surface area (Å²) in [4.78, 5) is 45.6. The topological polar surface area (TPSA) is 88.6 Å². The van der Waals surface area contributed by atoms with Gasteiger partial charge in [-0.05, 0) is 73.2 Å². The fraction of sp³-hybridized carbons (Fsp3) is 0.481. The van der Waals surface area contributed by atoms with Gasteiger partial charge in [0.15, 0.2) is 0 Å². The summed E-state index contributed by atoms with van der Waals surface area (Å²) in [5.74, 6) is -0.750. The van der Waals surface area contributed by atoms with Crippen molar-refractivity contribution in [3.8, 4) is 0 Å². The minimum absolute atomic E-state index is 0.0255. The minimum atomic E-state index is -0.607. The highest BCUT2D eigenvalue weighted by Crippen LogP contribution is 2.45. The second-order valence-corrected chi connectivity index (χ2v) is 10.7. The van der Waals surface area contributed by atoms with Crippen molar-refractivity contribution in [1.82, 2.24) is 15.2 Å². The van der Waals surface area contributed by atoms with Crippen molar-refractivity contribution in [2.24, 2.45) is 5.92 Å². The quantitative estimate of drug-likeness (QED) is 0.504. The van der Waals surface area contributed by atoms with Gasteiger partial charge in [-0.1, -0.05) is 12.5 Å². The number of nitrogens with one attached hydrogen (secondary N) is 1. The third-order valence-electron chi connectivity index (χ3n) is 7.61. The van der Waals surface area contributed by atoms with E-state index in [1.165, 1.54) is 0 Å². The predicted octanol–water partition coefficient (Wildman–Crippen LogP) is 3.93. The van der Waals surface area contributed by atoms with E-state index in [0.29, 0.717) is 26.1 Å². The molecule has 0 bridgehead atoms. The van der Waals surface area contributed by atoms with Crippen molar-refractivity contribution in [2.45, 2.75) is 70.6 Å². The molecular weight excluding hydrogens is 462 g/mol. The van der Waals surface area contributed by atoms with Gasteiger partial charge in [-0.15, -0.1) is 11.3 Å². The molecule has 5 rings (SSSR count). The van der Waals surface area contributed by atoms with Gasteiger partial charge in [0.05, 0.1) is 12.3 Å². The summed E-state index contributed by atoms with van der Waals surface area (Å²) in [6, 6.07) is 3.92. The number of rotatable bonds is 5. The normalized spacial score (nSPS) is 21.2. The molecule has 2 aromatic rings. The summed E-state index contributed by atoms with van der Waals surface area (Å²) >= 11 is 1.58. The number of carbonyl (C=O) groups excluding carboxylic acids is 3. The Morgan fingerprint density at radius 1 is 1.31 bits per heavy atom. The molecule has 8 heteroatoms. The van der Waals surface area contributed by atoms with Crippen LogP contribution in [0, 0.1) is 12.8 Å². The third-order valence-corrected chi connectivity index (χ3v) is 8.45. The highest BCUT2D eigenvalue weighted by Gasteiger charge is 2.54. The molecule has 2 aliphatic heterocycles. The predicted molar refractivity (Wildman–Crippen MR) is 133 cm³/mol. The SMILES string of the molecule is Cc1ncc2c(c1CNC(=O)/C=C/c1cccs1)CCN(C(=O)[C@@H]1CC(=O)OC13CCCCC3)C2. The highest BCUT2D eigenvalue weighted by molar-refractivity contribution is 7.10. The monoisotopic (exact) mass is 493 g/mol. The zero-order valence-electron chi connectivity index (χ0n) is 20.0. The molecule has 2 aromatic heterocycles. The van der Waals surface area contributed by atoms with Gasteiger partial charge in [0.2, 0.25) is 11.8 Å². The molecule has 0 radical (unpaired) electrons. The second kappa shape index (κ2) is 9.93. The van der Waals surface area contributed by atoms with Crippen LogP contribution in [-0.4, -0.2) is 39.8 Å². The number of amides is 2. The van der Waals surface area contributed by atoms with Crippen LogP contribution in [0.5, 0.6) is 0 Å². The molecule has 2 fully saturated rings. The molecule has 1 spiro atoms. The smallest absolute Gasteiger partial charge is 0.307 e. The maximum absolute atomic E-state index is 13.6. The first-order chi connectivity index (χ1) is 16.9. The molecule has 1 N–H and O–H groups in total. The first-order valence-electron chi connectivity index (χ1n) is 12.4. The average molecular weight is 494 g/mol. The zero-order valence-corrected chi connectivity index (χ0v) is 20.9. The molecule has 1 saturated carbocycles. The molecule has 0 aromatic carbocycles. The number of carbonyl (C=O) groups is 3. The molecule has 1 atom stereocenters. The number of fused-ring (bicyclic) bond motifs is 1. The summed E-state index contributed by atoms with van der Waals surface area (Å²) in [5.41, 5.74) is 3.48. The Balaban J connectivity index is 1.27. The van der Waals surface area contributed by atoms with Gasteiger partial charge < -0.3 is 15.0 Å². The first kappa shape index (κ1) is 23.7. The van der Waals surface area contributed by atoms with E-state index in [0.717, 1.165) is 59.4 Å². The number of hydrogen-bond acceptors (Lipinski definition) is 6. The van der Waals surface area contributed by atoms with Gasteiger partial charge in [-0.2, -0.15) is 0 Å². The van der Waals surface area contributed by atoms with E-state index in [2.05, 4.69) is 10.3 Å². The standard InChI is InChI=1S/C27H31N3O4S/c1-18-22(16-29-24(31)8-7-20-6-5-13-35-20)21-9-12-30(17-19(21)15-28-18)26(33)23-14-25(32)34-27(23)10-3-2-4-11-27/h5-8,13,15,23H,2-4,9-12,14,16-17H2,1H3,(H,29,31)/b8-7+/t23-/m0/s1. The second-order valence-electron chi connectivity index (χ2n) is 9.76. The molecule has 1 saturated heterocycles. The maximum Gasteiger partial charge on any atom is 0.307 e. The Morgan fingerprint density at radius 3 is 2.91 bits per heavy atom. The van der Waals surface area contributed by atoms with E-state index in [1.807, 2.05) is 41.6 Å². The van der Waals surface area contributed by atoms with Gasteiger partial charge in [-0.3, -0.25) is 19.4 Å². The lowest BCUT2D eigenvalue weighted by Crippen LogP contribution is -2.48. The Bertz CT molecular complexity index is 1150. The maximum atomic E-state index is 13.6. The fourth-order valence-electron chi connectivity index (χ4n) is 5.75. The summed E-state index contributed by atoms with van der Waals surface area (Å²) in [7, 11) is 0. The Hall–Kier alpha value is -3.00. The van der Waals surface area contributed by atoms with Gasteiger partial charge in [0.25, 0.3) is 0 Å². The average Bonchev–Trinajstić information content (AvgIpc) is 3.49. The van der Waals surface area contributed by atoms with E-state index in [1.54, 1.807) is 17.4 Å². The summed E-state index contributed by atoms with van der Waals surface area (Å²) in [5, 5.41) is 4.95. The lowest BCUT2D eigenvalue weighted by Gasteiger charge is -2.39. The summed E-state index contributed by atoms with van der Waals surface area (Å²) in [6.07, 6.45) is 10.8. The van der Waals surface area contributed by atoms with Crippen LogP contribution in [0.2, 0.25) is 0 Å². The van der Waals surface area contributed by atoms with E-state index >= 15 is 0 Å². The van der Waals surface area contributed by atoms with Crippen molar-refractivity contribution < 1.29 is 19.1 Å². The number of ether oxygens (including phenoxy) is 1. The van der Waals surface area contributed by atoms with Crippen molar-refractivity contribution in [3.05, 3.63) is 57.0 Å². The van der Waals surface area contributed by atoms with Crippen molar-refractivity contribution in [3.63, 3.8) is 0 Å². The van der Waals surface area contributed by atoms with Crippen LogP contribution < -0.4 is 5.32 Å². The number of hydrogen-bond donors (Lipinski definition) is 1. The Labute approximate surface area is 209 Å². The van der Waals surface area contributed by atoms with Crippen LogP contribution in [0.25, 0.3) is 6.08 Å². The third kappa shape index (κ3) is 4.89. The zero-order chi connectivity index (χ0) is 24.4. The Morgan fingerprint density at radius 2 is 2.14 bits per heavy atom. The molecule has 1 aliphatic carbocycles. The van der Waals surface area contributed by atoms with Gasteiger partial charge >= 0.3 is 5.97 Å². The van der Waals surface area contributed by atoms with E-state index in [-0.39, 0.29) is 30.1 Å². The van der Waals surface area contributed by atoms with Gasteiger partial charge in [-0.25, -0.2) is 0 Å². The first-order valence-corrected chi connectivity index (χ1v) is 13.3. The highest BCUT2D eigenvalue weighted by atomic mass is 32.1. The lowest BCUT2D eigenvalue weighted by atomic mass is 9.75. The molecule has 4 heterocycles. The van der Waals surface area contributed by atoms with Crippen LogP contribution in [0.3, 0.4) is 0 Å². The van der Waals surface area contributed by atoms with E-state index < -0.39 is 5.60 Å². The van der Waals surface area contributed by atoms with Crippen LogP contribution in [-0.2, 0) is 38.6 Å². The molecule has 35 heavy (non-hydrogen) atoms. The number of aromatic nitrogens is 1. The Kier molecular flexibility index (Phi) is 6.73. The van der Waals surface area contributed by atoms with Crippen molar-refractivity contribution in [2.75, 3.05) is 6.54 Å². The van der Waals surface area contributed by atoms with Crippen LogP contribution >= 0.6 is 11.3 Å². The van der Waals surface area contributed by atoms with Gasteiger partial charge in [0.1, 0.15) is 5.60 Å². The molecule has 3 aliphatic rings. The number of pyridine rings is 1. The number of esters is 1. The molecule has 2 amide bonds. The number of aryl methyl sites for hydroxylation is 1. The van der Waals surface area contributed by atoms with E-state index in [9.17, 15) is 14.4 Å². The van der Waals surface area contributed by atoms with Crippen molar-refractivity contribution in [1.29, 1.82) is 0 Å². The van der Waals surface area contributed by atoms with Crippen LogP contribution in [0.1, 0.15) is 65.8 Å². The molecule has 0 unspecified atom stereocenters. The number of thiophene rings is 1. The fourth-order valence-corrected chi connectivity index (χ4v) is 6.37.